The molecule has 0 spiro atoms. The lowest BCUT2D eigenvalue weighted by Gasteiger charge is -2.56. The van der Waals surface area contributed by atoms with E-state index < -0.39 is 0 Å². The molecule has 0 unspecified atom stereocenters. The molecular weight excluding hydrogens is 368 g/mol. The minimum atomic E-state index is 0.0139. The highest BCUT2D eigenvalue weighted by atomic mass is 32.1. The fourth-order valence-corrected chi connectivity index (χ4v) is 6.73. The van der Waals surface area contributed by atoms with Crippen LogP contribution in [0.2, 0.25) is 0 Å². The van der Waals surface area contributed by atoms with Crippen molar-refractivity contribution >= 4 is 17.2 Å². The number of aliphatic hydroxyl groups is 1. The first-order valence-electron chi connectivity index (χ1n) is 10.5. The van der Waals surface area contributed by atoms with Crippen LogP contribution in [-0.2, 0) is 11.3 Å². The van der Waals surface area contributed by atoms with Gasteiger partial charge in [0, 0.05) is 41.9 Å². The van der Waals surface area contributed by atoms with Crippen molar-refractivity contribution in [1.82, 2.24) is 9.80 Å². The average molecular weight is 397 g/mol. The number of benzene rings is 1. The molecule has 1 aromatic heterocycles. The third kappa shape index (κ3) is 3.30. The summed E-state index contributed by atoms with van der Waals surface area (Å²) in [6.45, 7) is 3.13. The Balaban J connectivity index is 1.32. The Morgan fingerprint density at radius 3 is 2.71 bits per heavy atom. The molecule has 5 heteroatoms. The SMILES string of the molecule is O=C1CCC[C@H]2[C@@H]3C[C@@H](CN(Cc4ccc(-c5ccccc5)s4)C3)[C@H](CO)N12. The van der Waals surface area contributed by atoms with Gasteiger partial charge in [-0.2, -0.15) is 0 Å². The van der Waals surface area contributed by atoms with Crippen molar-refractivity contribution in [1.29, 1.82) is 0 Å². The van der Waals surface area contributed by atoms with E-state index in [-0.39, 0.29) is 18.6 Å². The van der Waals surface area contributed by atoms with Crippen molar-refractivity contribution in [2.45, 2.75) is 44.3 Å². The Morgan fingerprint density at radius 2 is 1.89 bits per heavy atom. The van der Waals surface area contributed by atoms with Gasteiger partial charge in [-0.1, -0.05) is 30.3 Å². The minimum absolute atomic E-state index is 0.0139. The Morgan fingerprint density at radius 1 is 1.07 bits per heavy atom. The zero-order chi connectivity index (χ0) is 19.1. The molecule has 0 radical (unpaired) electrons. The molecule has 3 fully saturated rings. The Labute approximate surface area is 170 Å². The van der Waals surface area contributed by atoms with Gasteiger partial charge in [0.1, 0.15) is 0 Å². The van der Waals surface area contributed by atoms with Crippen LogP contribution in [0.4, 0.5) is 0 Å². The molecule has 0 aliphatic carbocycles. The molecule has 1 N–H and O–H groups in total. The van der Waals surface area contributed by atoms with Crippen molar-refractivity contribution in [3.05, 3.63) is 47.3 Å². The first kappa shape index (κ1) is 18.3. The fourth-order valence-electron chi connectivity index (χ4n) is 5.68. The molecule has 5 rings (SSSR count). The second-order valence-corrected chi connectivity index (χ2v) is 9.76. The lowest BCUT2D eigenvalue weighted by atomic mass is 9.72. The highest BCUT2D eigenvalue weighted by Gasteiger charge is 2.49. The second kappa shape index (κ2) is 7.62. The number of fused-ring (bicyclic) bond motifs is 4. The summed E-state index contributed by atoms with van der Waals surface area (Å²) in [5.74, 6) is 1.22. The first-order valence-corrected chi connectivity index (χ1v) is 11.3. The summed E-state index contributed by atoms with van der Waals surface area (Å²) in [5.41, 5.74) is 1.28. The molecule has 4 heterocycles. The molecule has 28 heavy (non-hydrogen) atoms. The standard InChI is InChI=1S/C23H28N2O2S/c26-15-21-18-11-17(20-7-4-8-23(27)25(20)21)12-24(13-18)14-19-9-10-22(28-19)16-5-2-1-3-6-16/h1-3,5-6,9-10,17-18,20-21,26H,4,7-8,11-15H2/t17-,18+,20+,21+/m1/s1. The summed E-state index contributed by atoms with van der Waals surface area (Å²) < 4.78 is 0. The van der Waals surface area contributed by atoms with E-state index in [1.54, 1.807) is 0 Å². The minimum Gasteiger partial charge on any atom is -0.394 e. The molecule has 4 atom stereocenters. The van der Waals surface area contributed by atoms with Crippen molar-refractivity contribution in [3.8, 4) is 10.4 Å². The first-order chi connectivity index (χ1) is 13.7. The number of thiophene rings is 1. The van der Waals surface area contributed by atoms with E-state index in [1.165, 1.54) is 15.3 Å². The number of carbonyl (C=O) groups excluding carboxylic acids is 1. The van der Waals surface area contributed by atoms with Crippen LogP contribution in [0, 0.1) is 11.8 Å². The number of piperidine rings is 3. The number of likely N-dealkylation sites (tertiary alicyclic amines) is 1. The monoisotopic (exact) mass is 396 g/mol. The third-order valence-electron chi connectivity index (χ3n) is 6.86. The van der Waals surface area contributed by atoms with Gasteiger partial charge in [0.05, 0.1) is 12.6 Å². The van der Waals surface area contributed by atoms with Crippen LogP contribution in [0.3, 0.4) is 0 Å². The van der Waals surface area contributed by atoms with E-state index >= 15 is 0 Å². The van der Waals surface area contributed by atoms with Crippen molar-refractivity contribution in [3.63, 3.8) is 0 Å². The lowest BCUT2D eigenvalue weighted by molar-refractivity contribution is -0.155. The van der Waals surface area contributed by atoms with E-state index in [2.05, 4.69) is 52.3 Å². The molecule has 0 saturated carbocycles. The largest absolute Gasteiger partial charge is 0.394 e. The van der Waals surface area contributed by atoms with E-state index in [0.29, 0.717) is 24.3 Å². The van der Waals surface area contributed by atoms with Gasteiger partial charge in [0.2, 0.25) is 5.91 Å². The van der Waals surface area contributed by atoms with Gasteiger partial charge in [-0.05, 0) is 48.8 Å². The molecule has 2 aromatic rings. The van der Waals surface area contributed by atoms with Crippen molar-refractivity contribution in [2.75, 3.05) is 19.7 Å². The number of nitrogens with zero attached hydrogens (tertiary/aromatic N) is 2. The maximum Gasteiger partial charge on any atom is 0.223 e. The highest BCUT2D eigenvalue weighted by molar-refractivity contribution is 7.15. The lowest BCUT2D eigenvalue weighted by Crippen LogP contribution is -2.65. The van der Waals surface area contributed by atoms with Gasteiger partial charge in [0.15, 0.2) is 0 Å². The van der Waals surface area contributed by atoms with Crippen LogP contribution in [0.25, 0.3) is 10.4 Å². The number of rotatable bonds is 4. The van der Waals surface area contributed by atoms with Gasteiger partial charge < -0.3 is 10.0 Å². The quantitative estimate of drug-likeness (QED) is 0.859. The maximum absolute atomic E-state index is 12.5. The number of hydrogen-bond acceptors (Lipinski definition) is 4. The molecule has 4 nitrogen and oxygen atoms in total. The average Bonchev–Trinajstić information content (AvgIpc) is 3.18. The Hall–Kier alpha value is -1.69. The molecule has 148 valence electrons. The van der Waals surface area contributed by atoms with Gasteiger partial charge in [-0.25, -0.2) is 0 Å². The second-order valence-electron chi connectivity index (χ2n) is 8.59. The van der Waals surface area contributed by atoms with Crippen molar-refractivity contribution < 1.29 is 9.90 Å². The normalized spacial score (nSPS) is 30.3. The maximum atomic E-state index is 12.5. The van der Waals surface area contributed by atoms with E-state index in [4.69, 9.17) is 0 Å². The molecule has 3 aliphatic rings. The topological polar surface area (TPSA) is 43.8 Å². The van der Waals surface area contributed by atoms with Gasteiger partial charge in [-0.3, -0.25) is 9.69 Å². The zero-order valence-corrected chi connectivity index (χ0v) is 17.0. The molecule has 1 amide bonds. The molecule has 3 aliphatic heterocycles. The fraction of sp³-hybridized carbons (Fsp3) is 0.522. The Kier molecular flexibility index (Phi) is 4.99. The van der Waals surface area contributed by atoms with E-state index in [9.17, 15) is 9.90 Å². The van der Waals surface area contributed by atoms with Crippen LogP contribution in [0.1, 0.15) is 30.6 Å². The van der Waals surface area contributed by atoms with Crippen LogP contribution in [0.15, 0.2) is 42.5 Å². The summed E-state index contributed by atoms with van der Waals surface area (Å²) >= 11 is 1.88. The third-order valence-corrected chi connectivity index (χ3v) is 7.98. The number of carbonyl (C=O) groups is 1. The molecule has 3 saturated heterocycles. The number of amides is 1. The van der Waals surface area contributed by atoms with E-state index in [0.717, 1.165) is 38.9 Å². The van der Waals surface area contributed by atoms with Gasteiger partial charge >= 0.3 is 0 Å². The molecule has 1 aromatic carbocycles. The predicted molar refractivity (Wildman–Crippen MR) is 112 cm³/mol. The van der Waals surface area contributed by atoms with Crippen LogP contribution >= 0.6 is 11.3 Å². The number of hydrogen-bond donors (Lipinski definition) is 1. The highest BCUT2D eigenvalue weighted by Crippen LogP contribution is 2.42. The van der Waals surface area contributed by atoms with Crippen LogP contribution < -0.4 is 0 Å². The molecule has 2 bridgehead atoms. The van der Waals surface area contributed by atoms with Crippen molar-refractivity contribution in [2.24, 2.45) is 11.8 Å². The van der Waals surface area contributed by atoms with Gasteiger partial charge in [0.25, 0.3) is 0 Å². The summed E-state index contributed by atoms with van der Waals surface area (Å²) in [6, 6.07) is 15.4. The summed E-state index contributed by atoms with van der Waals surface area (Å²) in [4.78, 5) is 19.9. The Bertz CT molecular complexity index is 822. The van der Waals surface area contributed by atoms with Crippen LogP contribution in [0.5, 0.6) is 0 Å². The summed E-state index contributed by atoms with van der Waals surface area (Å²) in [6.07, 6.45) is 3.93. The van der Waals surface area contributed by atoms with Gasteiger partial charge in [-0.15, -0.1) is 11.3 Å². The van der Waals surface area contributed by atoms with Crippen LogP contribution in [-0.4, -0.2) is 52.6 Å². The summed E-state index contributed by atoms with van der Waals surface area (Å²) in [5, 5.41) is 10.1. The zero-order valence-electron chi connectivity index (χ0n) is 16.2. The smallest absolute Gasteiger partial charge is 0.223 e. The summed E-state index contributed by atoms with van der Waals surface area (Å²) in [7, 11) is 0. The predicted octanol–water partition coefficient (Wildman–Crippen LogP) is 3.61. The molecular formula is C23H28N2O2S. The number of aliphatic hydroxyl groups excluding tert-OH is 1. The van der Waals surface area contributed by atoms with E-state index in [1.807, 2.05) is 11.3 Å².